The third kappa shape index (κ3) is 1.96. The van der Waals surface area contributed by atoms with Crippen LogP contribution in [-0.2, 0) is 0 Å². The lowest BCUT2D eigenvalue weighted by atomic mass is 9.87. The molecule has 0 amide bonds. The largest absolute Gasteiger partial charge is 0.247 e. The average molecular weight is 130 g/mol. The molecule has 0 aliphatic heterocycles. The molecule has 0 bridgehead atoms. The highest BCUT2D eigenvalue weighted by Gasteiger charge is 2.18. The monoisotopic (exact) mass is 130 g/mol. The van der Waals surface area contributed by atoms with Gasteiger partial charge in [0.1, 0.15) is 6.17 Å². The molecule has 0 nitrogen and oxygen atoms in total. The van der Waals surface area contributed by atoms with Gasteiger partial charge in [0.25, 0.3) is 0 Å². The first-order valence-corrected chi connectivity index (χ1v) is 3.95. The van der Waals surface area contributed by atoms with Crippen molar-refractivity contribution in [2.45, 2.75) is 45.2 Å². The minimum Gasteiger partial charge on any atom is -0.247 e. The van der Waals surface area contributed by atoms with Crippen molar-refractivity contribution < 1.29 is 4.39 Å². The molecule has 0 aromatic heterocycles. The Bertz CT molecular complexity index is 72.6. The molecule has 54 valence electrons. The van der Waals surface area contributed by atoms with Crippen LogP contribution in [0.4, 0.5) is 4.39 Å². The maximum absolute atomic E-state index is 12.6. The molecule has 0 heterocycles. The standard InChI is InChI=1S/C8H15F/c1-7(9)8-5-3-2-4-6-8/h7-8H,2-6H2,1H3/t7-/m0/s1. The van der Waals surface area contributed by atoms with E-state index in [0.29, 0.717) is 5.92 Å². The van der Waals surface area contributed by atoms with E-state index in [0.717, 1.165) is 12.8 Å². The Morgan fingerprint density at radius 2 is 1.78 bits per heavy atom. The van der Waals surface area contributed by atoms with Gasteiger partial charge in [-0.15, -0.1) is 0 Å². The van der Waals surface area contributed by atoms with Gasteiger partial charge < -0.3 is 0 Å². The molecular weight excluding hydrogens is 115 g/mol. The van der Waals surface area contributed by atoms with E-state index < -0.39 is 6.17 Å². The van der Waals surface area contributed by atoms with Crippen molar-refractivity contribution in [1.29, 1.82) is 0 Å². The summed E-state index contributed by atoms with van der Waals surface area (Å²) < 4.78 is 12.6. The van der Waals surface area contributed by atoms with E-state index in [1.54, 1.807) is 6.92 Å². The number of alkyl halides is 1. The normalized spacial score (nSPS) is 26.0. The van der Waals surface area contributed by atoms with Gasteiger partial charge in [0.05, 0.1) is 0 Å². The van der Waals surface area contributed by atoms with Gasteiger partial charge in [-0.2, -0.15) is 0 Å². The van der Waals surface area contributed by atoms with Crippen LogP contribution in [0.3, 0.4) is 0 Å². The summed E-state index contributed by atoms with van der Waals surface area (Å²) in [5, 5.41) is 0. The first-order valence-electron chi connectivity index (χ1n) is 3.95. The fourth-order valence-electron chi connectivity index (χ4n) is 1.59. The third-order valence-corrected chi connectivity index (χ3v) is 2.30. The Hall–Kier alpha value is -0.0700. The van der Waals surface area contributed by atoms with Crippen molar-refractivity contribution in [3.63, 3.8) is 0 Å². The summed E-state index contributed by atoms with van der Waals surface area (Å²) >= 11 is 0. The molecule has 9 heavy (non-hydrogen) atoms. The molecular formula is C8H15F. The summed E-state index contributed by atoms with van der Waals surface area (Å²) in [6, 6.07) is 0. The van der Waals surface area contributed by atoms with Gasteiger partial charge in [-0.1, -0.05) is 19.3 Å². The van der Waals surface area contributed by atoms with Crippen LogP contribution in [0.1, 0.15) is 39.0 Å². The molecule has 1 aliphatic rings. The number of halogens is 1. The smallest absolute Gasteiger partial charge is 0.100 e. The van der Waals surface area contributed by atoms with E-state index in [-0.39, 0.29) is 0 Å². The SMILES string of the molecule is C[C@H](F)C1CCCCC1. The Balaban J connectivity index is 2.23. The Morgan fingerprint density at radius 1 is 1.22 bits per heavy atom. The van der Waals surface area contributed by atoms with Gasteiger partial charge in [-0.25, -0.2) is 4.39 Å². The first kappa shape index (κ1) is 7.04. The predicted molar refractivity (Wildman–Crippen MR) is 37.1 cm³/mol. The van der Waals surface area contributed by atoms with E-state index in [2.05, 4.69) is 0 Å². The lowest BCUT2D eigenvalue weighted by Crippen LogP contribution is -2.15. The highest BCUT2D eigenvalue weighted by atomic mass is 19.1. The van der Waals surface area contributed by atoms with Gasteiger partial charge in [-0.3, -0.25) is 0 Å². The van der Waals surface area contributed by atoms with Gasteiger partial charge >= 0.3 is 0 Å². The van der Waals surface area contributed by atoms with Gasteiger partial charge in [0, 0.05) is 0 Å². The molecule has 1 heteroatoms. The Morgan fingerprint density at radius 3 is 2.11 bits per heavy atom. The number of rotatable bonds is 1. The summed E-state index contributed by atoms with van der Waals surface area (Å²) in [4.78, 5) is 0. The van der Waals surface area contributed by atoms with Crippen molar-refractivity contribution in [2.75, 3.05) is 0 Å². The summed E-state index contributed by atoms with van der Waals surface area (Å²) in [6.45, 7) is 1.69. The van der Waals surface area contributed by atoms with E-state index in [1.807, 2.05) is 0 Å². The Labute approximate surface area is 56.5 Å². The van der Waals surface area contributed by atoms with Crippen molar-refractivity contribution >= 4 is 0 Å². The predicted octanol–water partition coefficient (Wildman–Crippen LogP) is 2.92. The second-order valence-electron chi connectivity index (χ2n) is 3.08. The number of hydrogen-bond donors (Lipinski definition) is 0. The molecule has 0 aromatic carbocycles. The molecule has 0 spiro atoms. The highest BCUT2D eigenvalue weighted by Crippen LogP contribution is 2.27. The van der Waals surface area contributed by atoms with E-state index >= 15 is 0 Å². The zero-order chi connectivity index (χ0) is 6.69. The molecule has 1 aliphatic carbocycles. The van der Waals surface area contributed by atoms with E-state index in [4.69, 9.17) is 0 Å². The van der Waals surface area contributed by atoms with Crippen LogP contribution < -0.4 is 0 Å². The fraction of sp³-hybridized carbons (Fsp3) is 1.00. The van der Waals surface area contributed by atoms with Crippen molar-refractivity contribution in [3.8, 4) is 0 Å². The maximum Gasteiger partial charge on any atom is 0.100 e. The van der Waals surface area contributed by atoms with Crippen molar-refractivity contribution in [3.05, 3.63) is 0 Å². The van der Waals surface area contributed by atoms with E-state index in [9.17, 15) is 4.39 Å². The molecule has 0 saturated heterocycles. The van der Waals surface area contributed by atoms with Crippen LogP contribution in [0.15, 0.2) is 0 Å². The van der Waals surface area contributed by atoms with Crippen LogP contribution >= 0.6 is 0 Å². The highest BCUT2D eigenvalue weighted by molar-refractivity contribution is 4.69. The van der Waals surface area contributed by atoms with Gasteiger partial charge in [-0.05, 0) is 25.7 Å². The molecule has 0 unspecified atom stereocenters. The zero-order valence-electron chi connectivity index (χ0n) is 6.07. The fourth-order valence-corrected chi connectivity index (χ4v) is 1.59. The molecule has 0 aromatic rings. The van der Waals surface area contributed by atoms with Crippen LogP contribution in [0, 0.1) is 5.92 Å². The molecule has 0 radical (unpaired) electrons. The summed E-state index contributed by atoms with van der Waals surface area (Å²) in [6.07, 6.45) is 5.50. The topological polar surface area (TPSA) is 0 Å². The summed E-state index contributed by atoms with van der Waals surface area (Å²) in [7, 11) is 0. The lowest BCUT2D eigenvalue weighted by Gasteiger charge is -2.22. The minimum atomic E-state index is -0.565. The average Bonchev–Trinajstić information content (AvgIpc) is 1.90. The Kier molecular flexibility index (Phi) is 2.49. The van der Waals surface area contributed by atoms with Crippen LogP contribution in [-0.4, -0.2) is 6.17 Å². The second-order valence-corrected chi connectivity index (χ2v) is 3.08. The van der Waals surface area contributed by atoms with Crippen LogP contribution in [0.2, 0.25) is 0 Å². The van der Waals surface area contributed by atoms with Gasteiger partial charge in [0.2, 0.25) is 0 Å². The molecule has 1 atom stereocenters. The molecule has 1 rings (SSSR count). The maximum atomic E-state index is 12.6. The van der Waals surface area contributed by atoms with Gasteiger partial charge in [0.15, 0.2) is 0 Å². The summed E-state index contributed by atoms with van der Waals surface area (Å²) in [5.41, 5.74) is 0. The quantitative estimate of drug-likeness (QED) is 0.512. The number of hydrogen-bond acceptors (Lipinski definition) is 0. The van der Waals surface area contributed by atoms with Crippen molar-refractivity contribution in [2.24, 2.45) is 5.92 Å². The molecule has 1 fully saturated rings. The second kappa shape index (κ2) is 3.19. The third-order valence-electron chi connectivity index (χ3n) is 2.30. The minimum absolute atomic E-state index is 0.388. The molecule has 1 saturated carbocycles. The van der Waals surface area contributed by atoms with E-state index in [1.165, 1.54) is 19.3 Å². The van der Waals surface area contributed by atoms with Crippen LogP contribution in [0.25, 0.3) is 0 Å². The first-order chi connectivity index (χ1) is 4.30. The van der Waals surface area contributed by atoms with Crippen molar-refractivity contribution in [1.82, 2.24) is 0 Å². The summed E-state index contributed by atoms with van der Waals surface area (Å²) in [5.74, 6) is 0.388. The zero-order valence-corrected chi connectivity index (χ0v) is 6.07. The lowest BCUT2D eigenvalue weighted by molar-refractivity contribution is 0.197. The molecule has 0 N–H and O–H groups in total. The van der Waals surface area contributed by atoms with Crippen LogP contribution in [0.5, 0.6) is 0 Å².